The van der Waals surface area contributed by atoms with Crippen LogP contribution in [0.25, 0.3) is 0 Å². The van der Waals surface area contributed by atoms with Crippen LogP contribution in [0.4, 0.5) is 0 Å². The Morgan fingerprint density at radius 3 is 2.94 bits per heavy atom. The average Bonchev–Trinajstić information content (AvgIpc) is 2.78. The minimum Gasteiger partial charge on any atom is -0.336 e. The van der Waals surface area contributed by atoms with Gasteiger partial charge in [-0.15, -0.1) is 0 Å². The Balaban J connectivity index is 2.23. The molecular weight excluding hydrogens is 240 g/mol. The zero-order chi connectivity index (χ0) is 12.5. The van der Waals surface area contributed by atoms with Crippen molar-refractivity contribution < 1.29 is 8.42 Å². The first-order valence-corrected chi connectivity index (χ1v) is 7.23. The number of sulfonamides is 1. The summed E-state index contributed by atoms with van der Waals surface area (Å²) in [5.41, 5.74) is 0. The van der Waals surface area contributed by atoms with Crippen LogP contribution in [0.15, 0.2) is 17.6 Å². The number of aryl methyl sites for hydroxylation is 1. The predicted octanol–water partition coefficient (Wildman–Crippen LogP) is -0.115. The van der Waals surface area contributed by atoms with Gasteiger partial charge in [0.25, 0.3) is 10.0 Å². The molecule has 1 atom stereocenters. The van der Waals surface area contributed by atoms with Crippen molar-refractivity contribution in [3.8, 4) is 0 Å². The van der Waals surface area contributed by atoms with E-state index < -0.39 is 10.0 Å². The number of hydrogen-bond acceptors (Lipinski definition) is 4. The van der Waals surface area contributed by atoms with Gasteiger partial charge in [0.1, 0.15) is 0 Å². The van der Waals surface area contributed by atoms with Gasteiger partial charge in [0.15, 0.2) is 5.03 Å². The maximum atomic E-state index is 12.3. The van der Waals surface area contributed by atoms with Crippen LogP contribution in [0.3, 0.4) is 0 Å². The topological polar surface area (TPSA) is 67.2 Å². The van der Waals surface area contributed by atoms with E-state index in [0.717, 1.165) is 6.54 Å². The van der Waals surface area contributed by atoms with Crippen LogP contribution in [0.1, 0.15) is 13.8 Å². The largest absolute Gasteiger partial charge is 0.336 e. The van der Waals surface area contributed by atoms with E-state index in [1.165, 1.54) is 4.31 Å². The molecule has 0 radical (unpaired) electrons. The quantitative estimate of drug-likeness (QED) is 0.821. The van der Waals surface area contributed by atoms with Gasteiger partial charge in [0.05, 0.1) is 6.33 Å². The highest BCUT2D eigenvalue weighted by molar-refractivity contribution is 7.89. The van der Waals surface area contributed by atoms with E-state index in [-0.39, 0.29) is 11.1 Å². The van der Waals surface area contributed by atoms with Crippen molar-refractivity contribution in [1.29, 1.82) is 0 Å². The Kier molecular flexibility index (Phi) is 3.50. The SMILES string of the molecule is CCn1cnc(S(=O)(=O)N2CCN[C@H](C)C2)c1. The Bertz CT molecular complexity index is 482. The van der Waals surface area contributed by atoms with Crippen LogP contribution in [0.5, 0.6) is 0 Å². The second-order valence-electron chi connectivity index (χ2n) is 4.26. The molecule has 0 amide bonds. The Labute approximate surface area is 102 Å². The summed E-state index contributed by atoms with van der Waals surface area (Å²) in [7, 11) is -3.42. The summed E-state index contributed by atoms with van der Waals surface area (Å²) in [4.78, 5) is 3.97. The van der Waals surface area contributed by atoms with Gasteiger partial charge in [-0.3, -0.25) is 0 Å². The van der Waals surface area contributed by atoms with Gasteiger partial charge in [0.2, 0.25) is 0 Å². The van der Waals surface area contributed by atoms with Crippen LogP contribution < -0.4 is 5.32 Å². The molecule has 0 saturated carbocycles. The van der Waals surface area contributed by atoms with Gasteiger partial charge in [0, 0.05) is 38.4 Å². The second-order valence-corrected chi connectivity index (χ2v) is 6.15. The molecule has 1 fully saturated rings. The van der Waals surface area contributed by atoms with Crippen molar-refractivity contribution in [1.82, 2.24) is 19.2 Å². The van der Waals surface area contributed by atoms with Crippen molar-refractivity contribution >= 4 is 10.0 Å². The standard InChI is InChI=1S/C10H18N4O2S/c1-3-13-7-10(12-8-13)17(15,16)14-5-4-11-9(2)6-14/h7-9,11H,3-6H2,1-2H3/t9-/m1/s1. The molecule has 1 aromatic heterocycles. The fourth-order valence-electron chi connectivity index (χ4n) is 1.89. The lowest BCUT2D eigenvalue weighted by Gasteiger charge is -2.30. The molecule has 0 unspecified atom stereocenters. The molecule has 2 rings (SSSR count). The highest BCUT2D eigenvalue weighted by Crippen LogP contribution is 2.15. The molecule has 17 heavy (non-hydrogen) atoms. The first-order chi connectivity index (χ1) is 8.04. The molecule has 7 heteroatoms. The molecule has 1 aliphatic heterocycles. The molecule has 1 N–H and O–H groups in total. The molecule has 6 nitrogen and oxygen atoms in total. The summed E-state index contributed by atoms with van der Waals surface area (Å²) in [5, 5.41) is 3.37. The van der Waals surface area contributed by atoms with Crippen LogP contribution >= 0.6 is 0 Å². The molecule has 0 aromatic carbocycles. The molecule has 0 bridgehead atoms. The molecule has 1 aromatic rings. The first kappa shape index (κ1) is 12.5. The third kappa shape index (κ3) is 2.51. The number of imidazole rings is 1. The molecular formula is C10H18N4O2S. The second kappa shape index (κ2) is 4.75. The van der Waals surface area contributed by atoms with E-state index in [9.17, 15) is 8.42 Å². The molecule has 96 valence electrons. The average molecular weight is 258 g/mol. The smallest absolute Gasteiger partial charge is 0.262 e. The van der Waals surface area contributed by atoms with E-state index in [2.05, 4.69) is 10.3 Å². The number of hydrogen-bond donors (Lipinski definition) is 1. The molecule has 1 saturated heterocycles. The van der Waals surface area contributed by atoms with Crippen molar-refractivity contribution in [2.45, 2.75) is 31.5 Å². The summed E-state index contributed by atoms with van der Waals surface area (Å²) in [6.45, 7) is 6.35. The number of piperazine rings is 1. The van der Waals surface area contributed by atoms with Gasteiger partial charge in [-0.2, -0.15) is 4.31 Å². The predicted molar refractivity (Wildman–Crippen MR) is 64.1 cm³/mol. The number of rotatable bonds is 3. The summed E-state index contributed by atoms with van der Waals surface area (Å²) in [6, 6.07) is 0.187. The monoisotopic (exact) mass is 258 g/mol. The molecule has 2 heterocycles. The van der Waals surface area contributed by atoms with Crippen molar-refractivity contribution in [3.05, 3.63) is 12.5 Å². The lowest BCUT2D eigenvalue weighted by Crippen LogP contribution is -2.51. The Hall–Kier alpha value is -0.920. The van der Waals surface area contributed by atoms with Gasteiger partial charge in [-0.05, 0) is 13.8 Å². The molecule has 1 aliphatic rings. The van der Waals surface area contributed by atoms with Crippen LogP contribution in [0, 0.1) is 0 Å². The molecule has 0 aliphatic carbocycles. The summed E-state index contributed by atoms with van der Waals surface area (Å²) < 4.78 is 27.8. The minimum atomic E-state index is -3.42. The highest BCUT2D eigenvalue weighted by Gasteiger charge is 2.29. The van der Waals surface area contributed by atoms with Crippen LogP contribution in [-0.2, 0) is 16.6 Å². The van der Waals surface area contributed by atoms with E-state index in [0.29, 0.717) is 19.6 Å². The van der Waals surface area contributed by atoms with Gasteiger partial charge in [-0.25, -0.2) is 13.4 Å². The fraction of sp³-hybridized carbons (Fsp3) is 0.700. The minimum absolute atomic E-state index is 0.147. The van der Waals surface area contributed by atoms with Gasteiger partial charge < -0.3 is 9.88 Å². The first-order valence-electron chi connectivity index (χ1n) is 5.79. The van der Waals surface area contributed by atoms with Crippen LogP contribution in [0.2, 0.25) is 0 Å². The van der Waals surface area contributed by atoms with Gasteiger partial charge in [-0.1, -0.05) is 0 Å². The summed E-state index contributed by atoms with van der Waals surface area (Å²) >= 11 is 0. The normalized spacial score (nSPS) is 22.8. The van der Waals surface area contributed by atoms with Crippen molar-refractivity contribution in [3.63, 3.8) is 0 Å². The van der Waals surface area contributed by atoms with E-state index in [4.69, 9.17) is 0 Å². The maximum absolute atomic E-state index is 12.3. The Morgan fingerprint density at radius 1 is 1.59 bits per heavy atom. The van der Waals surface area contributed by atoms with E-state index >= 15 is 0 Å². The van der Waals surface area contributed by atoms with Crippen LogP contribution in [-0.4, -0.2) is 48.0 Å². The Morgan fingerprint density at radius 2 is 2.35 bits per heavy atom. The van der Waals surface area contributed by atoms with Gasteiger partial charge >= 0.3 is 0 Å². The van der Waals surface area contributed by atoms with E-state index in [1.54, 1.807) is 17.1 Å². The van der Waals surface area contributed by atoms with E-state index in [1.807, 2.05) is 13.8 Å². The summed E-state index contributed by atoms with van der Waals surface area (Å²) in [6.07, 6.45) is 3.14. The summed E-state index contributed by atoms with van der Waals surface area (Å²) in [5.74, 6) is 0. The number of nitrogens with zero attached hydrogens (tertiary/aromatic N) is 3. The number of aromatic nitrogens is 2. The van der Waals surface area contributed by atoms with Crippen molar-refractivity contribution in [2.24, 2.45) is 0 Å². The molecule has 0 spiro atoms. The van der Waals surface area contributed by atoms with Crippen molar-refractivity contribution in [2.75, 3.05) is 19.6 Å². The zero-order valence-corrected chi connectivity index (χ0v) is 10.9. The number of nitrogens with one attached hydrogen (secondary N) is 1. The lowest BCUT2D eigenvalue weighted by atomic mass is 10.3. The third-order valence-corrected chi connectivity index (χ3v) is 4.66. The zero-order valence-electron chi connectivity index (χ0n) is 10.1. The lowest BCUT2D eigenvalue weighted by molar-refractivity contribution is 0.309. The highest BCUT2D eigenvalue weighted by atomic mass is 32.2. The fourth-order valence-corrected chi connectivity index (χ4v) is 3.36. The third-order valence-electron chi connectivity index (χ3n) is 2.91. The maximum Gasteiger partial charge on any atom is 0.262 e.